The first-order valence-electron chi connectivity index (χ1n) is 9.72. The number of nitrogens with zero attached hydrogens (tertiary/aromatic N) is 4. The summed E-state index contributed by atoms with van der Waals surface area (Å²) in [4.78, 5) is 32.5. The first-order valence-corrected chi connectivity index (χ1v) is 9.72. The van der Waals surface area contributed by atoms with Gasteiger partial charge in [-0.05, 0) is 42.0 Å². The Bertz CT molecular complexity index is 1310. The summed E-state index contributed by atoms with van der Waals surface area (Å²) >= 11 is 0. The third-order valence-corrected chi connectivity index (χ3v) is 4.78. The van der Waals surface area contributed by atoms with Crippen molar-refractivity contribution in [3.63, 3.8) is 0 Å². The van der Waals surface area contributed by atoms with Crippen LogP contribution in [0.3, 0.4) is 0 Å². The second-order valence-electron chi connectivity index (χ2n) is 7.11. The van der Waals surface area contributed by atoms with Gasteiger partial charge in [0.15, 0.2) is 0 Å². The lowest BCUT2D eigenvalue weighted by Gasteiger charge is -2.12. The molecule has 0 unspecified atom stereocenters. The molecule has 4 rings (SSSR count). The monoisotopic (exact) mass is 411 g/mol. The Hall–Kier alpha value is -4.26. The van der Waals surface area contributed by atoms with Crippen LogP contribution in [-0.4, -0.2) is 35.8 Å². The number of para-hydroxylation sites is 2. The van der Waals surface area contributed by atoms with Crippen LogP contribution in [0.5, 0.6) is 0 Å². The number of benzene rings is 3. The topological polar surface area (TPSA) is 79.6 Å². The van der Waals surface area contributed by atoms with Crippen molar-refractivity contribution in [2.45, 2.75) is 0 Å². The molecule has 0 radical (unpaired) electrons. The number of rotatable bonds is 5. The molecule has 1 N–H and O–H groups in total. The summed E-state index contributed by atoms with van der Waals surface area (Å²) in [6.45, 7) is 0. The largest absolute Gasteiger partial charge is 0.378 e. The van der Waals surface area contributed by atoms with Gasteiger partial charge in [-0.3, -0.25) is 14.2 Å². The van der Waals surface area contributed by atoms with Gasteiger partial charge in [-0.25, -0.2) is 10.4 Å². The summed E-state index contributed by atoms with van der Waals surface area (Å²) in [7, 11) is 3.93. The van der Waals surface area contributed by atoms with Gasteiger partial charge in [-0.2, -0.15) is 5.10 Å². The zero-order valence-corrected chi connectivity index (χ0v) is 17.2. The number of fused-ring (bicyclic) bond motifs is 1. The number of aromatic nitrogens is 2. The SMILES string of the molecule is CN(C)c1ccc(/C=N/NC(=O)c2nc3ccccc3c(=O)n2-c2ccccc2)cc1. The molecule has 0 saturated carbocycles. The normalized spacial score (nSPS) is 11.0. The van der Waals surface area contributed by atoms with Crippen LogP contribution in [0.2, 0.25) is 0 Å². The number of hydrogen-bond acceptors (Lipinski definition) is 5. The van der Waals surface area contributed by atoms with Crippen molar-refractivity contribution in [3.8, 4) is 5.69 Å². The highest BCUT2D eigenvalue weighted by Crippen LogP contribution is 2.13. The summed E-state index contributed by atoms with van der Waals surface area (Å²) in [6, 6.07) is 23.6. The predicted octanol–water partition coefficient (Wildman–Crippen LogP) is 3.22. The molecule has 0 atom stereocenters. The minimum atomic E-state index is -0.576. The maximum Gasteiger partial charge on any atom is 0.307 e. The van der Waals surface area contributed by atoms with Crippen LogP contribution in [0.15, 0.2) is 88.8 Å². The standard InChI is InChI=1S/C24H21N5O2/c1-28(2)18-14-12-17(13-15-18)16-25-27-23(30)22-26-21-11-7-6-10-20(21)24(31)29(22)19-8-4-3-5-9-19/h3-16H,1-2H3,(H,27,30)/b25-16+. The predicted molar refractivity (Wildman–Crippen MR) is 123 cm³/mol. The van der Waals surface area contributed by atoms with Crippen LogP contribution in [0.25, 0.3) is 16.6 Å². The minimum absolute atomic E-state index is 0.0324. The van der Waals surface area contributed by atoms with Crippen LogP contribution < -0.4 is 15.9 Å². The van der Waals surface area contributed by atoms with Crippen molar-refractivity contribution >= 4 is 28.7 Å². The van der Waals surface area contributed by atoms with Gasteiger partial charge in [0.2, 0.25) is 5.82 Å². The fourth-order valence-electron chi connectivity index (χ4n) is 3.18. The Morgan fingerprint density at radius 3 is 2.35 bits per heavy atom. The number of carbonyl (C=O) groups excluding carboxylic acids is 1. The van der Waals surface area contributed by atoms with Gasteiger partial charge in [0.05, 0.1) is 22.8 Å². The zero-order chi connectivity index (χ0) is 21.8. The smallest absolute Gasteiger partial charge is 0.307 e. The molecule has 0 fully saturated rings. The third kappa shape index (κ3) is 4.20. The van der Waals surface area contributed by atoms with Gasteiger partial charge in [0.1, 0.15) is 0 Å². The molecule has 1 amide bonds. The van der Waals surface area contributed by atoms with Crippen molar-refractivity contribution in [2.75, 3.05) is 19.0 Å². The lowest BCUT2D eigenvalue weighted by Crippen LogP contribution is -2.31. The van der Waals surface area contributed by atoms with E-state index in [4.69, 9.17) is 0 Å². The minimum Gasteiger partial charge on any atom is -0.378 e. The molecule has 4 aromatic rings. The molecule has 0 aliphatic heterocycles. The Morgan fingerprint density at radius 2 is 1.65 bits per heavy atom. The van der Waals surface area contributed by atoms with Gasteiger partial charge >= 0.3 is 5.91 Å². The molecule has 7 nitrogen and oxygen atoms in total. The molecule has 154 valence electrons. The van der Waals surface area contributed by atoms with Crippen molar-refractivity contribution in [1.29, 1.82) is 0 Å². The second-order valence-corrected chi connectivity index (χ2v) is 7.11. The molecule has 3 aromatic carbocycles. The number of hydrazone groups is 1. The highest BCUT2D eigenvalue weighted by molar-refractivity contribution is 5.94. The Morgan fingerprint density at radius 1 is 0.968 bits per heavy atom. The summed E-state index contributed by atoms with van der Waals surface area (Å²) in [5.41, 5.74) is 5.07. The maximum atomic E-state index is 13.1. The van der Waals surface area contributed by atoms with Crippen LogP contribution in [-0.2, 0) is 0 Å². The van der Waals surface area contributed by atoms with Crippen LogP contribution in [0.4, 0.5) is 5.69 Å². The molecule has 7 heteroatoms. The van der Waals surface area contributed by atoms with E-state index >= 15 is 0 Å². The zero-order valence-electron chi connectivity index (χ0n) is 17.2. The molecule has 1 aromatic heterocycles. The third-order valence-electron chi connectivity index (χ3n) is 4.78. The lowest BCUT2D eigenvalue weighted by atomic mass is 10.2. The van der Waals surface area contributed by atoms with Crippen LogP contribution in [0, 0.1) is 0 Å². The summed E-state index contributed by atoms with van der Waals surface area (Å²) < 4.78 is 1.30. The first kappa shape index (κ1) is 20.0. The maximum absolute atomic E-state index is 13.1. The molecule has 0 aliphatic carbocycles. The van der Waals surface area contributed by atoms with E-state index in [1.54, 1.807) is 54.7 Å². The van der Waals surface area contributed by atoms with Crippen LogP contribution >= 0.6 is 0 Å². The summed E-state index contributed by atoms with van der Waals surface area (Å²) in [6.07, 6.45) is 1.54. The lowest BCUT2D eigenvalue weighted by molar-refractivity contribution is 0.0942. The Balaban J connectivity index is 1.68. The van der Waals surface area contributed by atoms with Crippen molar-refractivity contribution in [2.24, 2.45) is 5.10 Å². The molecule has 31 heavy (non-hydrogen) atoms. The van der Waals surface area contributed by atoms with Gasteiger partial charge in [-0.1, -0.05) is 42.5 Å². The quantitative estimate of drug-likeness (QED) is 0.404. The number of hydrogen-bond donors (Lipinski definition) is 1. The molecule has 1 heterocycles. The summed E-state index contributed by atoms with van der Waals surface area (Å²) in [5.74, 6) is -0.608. The molecular weight excluding hydrogens is 390 g/mol. The van der Waals surface area contributed by atoms with Gasteiger partial charge < -0.3 is 4.90 Å². The van der Waals surface area contributed by atoms with Crippen molar-refractivity contribution < 1.29 is 4.79 Å². The highest BCUT2D eigenvalue weighted by Gasteiger charge is 2.18. The molecular formula is C24H21N5O2. The van der Waals surface area contributed by atoms with E-state index in [9.17, 15) is 9.59 Å². The van der Waals surface area contributed by atoms with Crippen molar-refractivity contribution in [1.82, 2.24) is 15.0 Å². The molecule has 0 aliphatic rings. The van der Waals surface area contributed by atoms with E-state index in [1.165, 1.54) is 4.57 Å². The Kier molecular flexibility index (Phi) is 5.57. The molecule has 0 bridgehead atoms. The van der Waals surface area contributed by atoms with E-state index in [2.05, 4.69) is 15.5 Å². The van der Waals surface area contributed by atoms with E-state index in [0.717, 1.165) is 11.3 Å². The Labute approximate surface area is 179 Å². The fraction of sp³-hybridized carbons (Fsp3) is 0.0833. The molecule has 0 spiro atoms. The number of anilines is 1. The highest BCUT2D eigenvalue weighted by atomic mass is 16.2. The number of carbonyl (C=O) groups is 1. The average Bonchev–Trinajstić information content (AvgIpc) is 2.80. The van der Waals surface area contributed by atoms with E-state index in [-0.39, 0.29) is 11.4 Å². The second kappa shape index (κ2) is 8.62. The van der Waals surface area contributed by atoms with Gasteiger partial charge in [0.25, 0.3) is 5.56 Å². The first-order chi connectivity index (χ1) is 15.0. The van der Waals surface area contributed by atoms with Gasteiger partial charge in [0, 0.05) is 19.8 Å². The average molecular weight is 411 g/mol. The van der Waals surface area contributed by atoms with Crippen molar-refractivity contribution in [3.05, 3.63) is 101 Å². The summed E-state index contributed by atoms with van der Waals surface area (Å²) in [5, 5.41) is 4.48. The van der Waals surface area contributed by atoms with E-state index < -0.39 is 5.91 Å². The fourth-order valence-corrected chi connectivity index (χ4v) is 3.18. The number of nitrogens with one attached hydrogen (secondary N) is 1. The molecule has 0 saturated heterocycles. The van der Waals surface area contributed by atoms with E-state index in [1.807, 2.05) is 49.3 Å². The van der Waals surface area contributed by atoms with Crippen LogP contribution in [0.1, 0.15) is 16.2 Å². The number of amides is 1. The van der Waals surface area contributed by atoms with E-state index in [0.29, 0.717) is 16.6 Å². The van der Waals surface area contributed by atoms with Gasteiger partial charge in [-0.15, -0.1) is 0 Å².